The van der Waals surface area contributed by atoms with E-state index in [4.69, 9.17) is 14.2 Å². The minimum absolute atomic E-state index is 0.130. The summed E-state index contributed by atoms with van der Waals surface area (Å²) < 4.78 is 17.4. The molecule has 0 bridgehead atoms. The lowest BCUT2D eigenvalue weighted by molar-refractivity contribution is 0.0950. The van der Waals surface area contributed by atoms with Crippen LogP contribution in [0.15, 0.2) is 66.7 Å². The zero-order valence-electron chi connectivity index (χ0n) is 18.1. The summed E-state index contributed by atoms with van der Waals surface area (Å²) in [4.78, 5) is 12.5. The van der Waals surface area contributed by atoms with Gasteiger partial charge in [-0.25, -0.2) is 0 Å². The molecule has 0 atom stereocenters. The Labute approximate surface area is 183 Å². The van der Waals surface area contributed by atoms with Crippen molar-refractivity contribution in [1.29, 1.82) is 0 Å². The van der Waals surface area contributed by atoms with Crippen molar-refractivity contribution in [3.63, 3.8) is 0 Å². The van der Waals surface area contributed by atoms with Crippen LogP contribution in [-0.4, -0.2) is 18.6 Å². The van der Waals surface area contributed by atoms with Crippen molar-refractivity contribution in [2.45, 2.75) is 39.0 Å². The van der Waals surface area contributed by atoms with Gasteiger partial charge in [0, 0.05) is 29.7 Å². The van der Waals surface area contributed by atoms with Gasteiger partial charge < -0.3 is 19.5 Å². The van der Waals surface area contributed by atoms with E-state index in [1.807, 2.05) is 60.7 Å². The van der Waals surface area contributed by atoms with E-state index >= 15 is 0 Å². The predicted molar refractivity (Wildman–Crippen MR) is 120 cm³/mol. The number of carbonyl (C=O) groups excluding carboxylic acids is 1. The SMILES string of the molecule is COc1ccccc1CNC(=O)c1ccc(COc2cccc3c2OC(C)(C)C3)cc1. The fraction of sp³-hybridized carbons (Fsp3) is 0.269. The Bertz CT molecular complexity index is 1070. The second-order valence-corrected chi connectivity index (χ2v) is 8.26. The zero-order valence-corrected chi connectivity index (χ0v) is 18.1. The van der Waals surface area contributed by atoms with Crippen molar-refractivity contribution in [3.05, 3.63) is 89.0 Å². The molecule has 5 heteroatoms. The van der Waals surface area contributed by atoms with Gasteiger partial charge in [0.15, 0.2) is 11.5 Å². The predicted octanol–water partition coefficient (Wildman–Crippen LogP) is 4.92. The monoisotopic (exact) mass is 417 g/mol. The zero-order chi connectivity index (χ0) is 21.8. The quantitative estimate of drug-likeness (QED) is 0.593. The molecule has 1 aliphatic heterocycles. The second kappa shape index (κ2) is 8.72. The summed E-state index contributed by atoms with van der Waals surface area (Å²) in [6.45, 7) is 4.97. The summed E-state index contributed by atoms with van der Waals surface area (Å²) in [7, 11) is 1.62. The number of ether oxygens (including phenoxy) is 3. The number of para-hydroxylation sites is 2. The Morgan fingerprint density at radius 3 is 2.52 bits per heavy atom. The van der Waals surface area contributed by atoms with Gasteiger partial charge in [-0.05, 0) is 43.7 Å². The van der Waals surface area contributed by atoms with E-state index in [0.717, 1.165) is 34.8 Å². The van der Waals surface area contributed by atoms with Crippen molar-refractivity contribution >= 4 is 5.91 Å². The second-order valence-electron chi connectivity index (χ2n) is 8.26. The van der Waals surface area contributed by atoms with Gasteiger partial charge in [-0.3, -0.25) is 4.79 Å². The summed E-state index contributed by atoms with van der Waals surface area (Å²) in [5, 5.41) is 2.94. The molecule has 0 aromatic heterocycles. The third kappa shape index (κ3) is 4.82. The molecule has 0 unspecified atom stereocenters. The molecule has 0 aliphatic carbocycles. The van der Waals surface area contributed by atoms with Crippen molar-refractivity contribution in [3.8, 4) is 17.2 Å². The molecule has 0 saturated heterocycles. The van der Waals surface area contributed by atoms with Crippen molar-refractivity contribution in [2.75, 3.05) is 7.11 Å². The molecule has 1 heterocycles. The van der Waals surface area contributed by atoms with E-state index in [1.165, 1.54) is 5.56 Å². The number of fused-ring (bicyclic) bond motifs is 1. The van der Waals surface area contributed by atoms with Gasteiger partial charge >= 0.3 is 0 Å². The molecule has 0 spiro atoms. The average molecular weight is 418 g/mol. The normalized spacial score (nSPS) is 13.8. The van der Waals surface area contributed by atoms with E-state index in [0.29, 0.717) is 18.7 Å². The molecule has 31 heavy (non-hydrogen) atoms. The van der Waals surface area contributed by atoms with Crippen molar-refractivity contribution < 1.29 is 19.0 Å². The molecule has 3 aromatic rings. The van der Waals surface area contributed by atoms with Crippen molar-refractivity contribution in [1.82, 2.24) is 5.32 Å². The van der Waals surface area contributed by atoms with Gasteiger partial charge in [-0.1, -0.05) is 42.5 Å². The molecule has 3 aromatic carbocycles. The maximum atomic E-state index is 12.5. The third-order valence-electron chi connectivity index (χ3n) is 5.30. The van der Waals surface area contributed by atoms with Gasteiger partial charge in [0.05, 0.1) is 7.11 Å². The number of methoxy groups -OCH3 is 1. The first-order valence-corrected chi connectivity index (χ1v) is 10.4. The van der Waals surface area contributed by atoms with E-state index in [-0.39, 0.29) is 11.5 Å². The van der Waals surface area contributed by atoms with Crippen LogP contribution in [0, 0.1) is 0 Å². The van der Waals surface area contributed by atoms with Crippen molar-refractivity contribution in [2.24, 2.45) is 0 Å². The number of amides is 1. The standard InChI is InChI=1S/C26H27NO4/c1-26(2)15-20-8-6-10-23(24(20)31-26)30-17-18-11-13-19(14-12-18)25(28)27-16-21-7-4-5-9-22(21)29-3/h4-14H,15-17H2,1-3H3,(H,27,28). The highest BCUT2D eigenvalue weighted by Gasteiger charge is 2.32. The van der Waals surface area contributed by atoms with Gasteiger partial charge in [-0.15, -0.1) is 0 Å². The number of hydrogen-bond acceptors (Lipinski definition) is 4. The van der Waals surface area contributed by atoms with Crippen LogP contribution in [0.4, 0.5) is 0 Å². The summed E-state index contributed by atoms with van der Waals surface area (Å²) >= 11 is 0. The lowest BCUT2D eigenvalue weighted by Gasteiger charge is -2.18. The number of carbonyl (C=O) groups is 1. The van der Waals surface area contributed by atoms with Crippen LogP contribution in [0.5, 0.6) is 17.2 Å². The van der Waals surface area contributed by atoms with Crippen LogP contribution in [0.3, 0.4) is 0 Å². The molecule has 4 rings (SSSR count). The molecule has 1 amide bonds. The smallest absolute Gasteiger partial charge is 0.251 e. The van der Waals surface area contributed by atoms with Crippen LogP contribution >= 0.6 is 0 Å². The first kappa shape index (κ1) is 20.8. The lowest BCUT2D eigenvalue weighted by atomic mass is 10.0. The fourth-order valence-corrected chi connectivity index (χ4v) is 3.74. The Morgan fingerprint density at radius 2 is 1.74 bits per heavy atom. The van der Waals surface area contributed by atoms with E-state index in [2.05, 4.69) is 25.2 Å². The molecular weight excluding hydrogens is 390 g/mol. The first-order chi connectivity index (χ1) is 14.9. The number of hydrogen-bond donors (Lipinski definition) is 1. The average Bonchev–Trinajstić information content (AvgIpc) is 3.11. The van der Waals surface area contributed by atoms with Crippen LogP contribution < -0.4 is 19.5 Å². The minimum atomic E-state index is -0.208. The molecule has 0 radical (unpaired) electrons. The number of benzene rings is 3. The molecule has 1 aliphatic rings. The Hall–Kier alpha value is -3.47. The Balaban J connectivity index is 1.35. The first-order valence-electron chi connectivity index (χ1n) is 10.4. The fourth-order valence-electron chi connectivity index (χ4n) is 3.74. The maximum Gasteiger partial charge on any atom is 0.251 e. The Morgan fingerprint density at radius 1 is 1.00 bits per heavy atom. The highest BCUT2D eigenvalue weighted by atomic mass is 16.5. The summed E-state index contributed by atoms with van der Waals surface area (Å²) in [5.74, 6) is 2.21. The van der Waals surface area contributed by atoms with E-state index in [1.54, 1.807) is 7.11 Å². The lowest BCUT2D eigenvalue weighted by Crippen LogP contribution is -2.24. The van der Waals surface area contributed by atoms with Gasteiger partial charge in [0.1, 0.15) is 18.0 Å². The molecule has 160 valence electrons. The highest BCUT2D eigenvalue weighted by molar-refractivity contribution is 5.94. The summed E-state index contributed by atoms with van der Waals surface area (Å²) in [5.41, 5.74) is 3.48. The van der Waals surface area contributed by atoms with Crippen LogP contribution in [0.25, 0.3) is 0 Å². The summed E-state index contributed by atoms with van der Waals surface area (Å²) in [6.07, 6.45) is 0.873. The van der Waals surface area contributed by atoms with Gasteiger partial charge in [0.25, 0.3) is 5.91 Å². The topological polar surface area (TPSA) is 56.8 Å². The third-order valence-corrected chi connectivity index (χ3v) is 5.30. The highest BCUT2D eigenvalue weighted by Crippen LogP contribution is 2.41. The van der Waals surface area contributed by atoms with Gasteiger partial charge in [0.2, 0.25) is 0 Å². The van der Waals surface area contributed by atoms with Crippen LogP contribution in [0.1, 0.15) is 40.9 Å². The molecule has 0 fully saturated rings. The Kier molecular flexibility index (Phi) is 5.85. The van der Waals surface area contributed by atoms with E-state index < -0.39 is 0 Å². The minimum Gasteiger partial charge on any atom is -0.496 e. The summed E-state index contributed by atoms with van der Waals surface area (Å²) in [6, 6.07) is 21.1. The maximum absolute atomic E-state index is 12.5. The molecule has 5 nitrogen and oxygen atoms in total. The number of rotatable bonds is 7. The molecule has 1 N–H and O–H groups in total. The van der Waals surface area contributed by atoms with Crippen LogP contribution in [-0.2, 0) is 19.6 Å². The van der Waals surface area contributed by atoms with Crippen LogP contribution in [0.2, 0.25) is 0 Å². The number of nitrogens with one attached hydrogen (secondary N) is 1. The van der Waals surface area contributed by atoms with E-state index in [9.17, 15) is 4.79 Å². The molecule has 0 saturated carbocycles. The van der Waals surface area contributed by atoms with Gasteiger partial charge in [-0.2, -0.15) is 0 Å². The largest absolute Gasteiger partial charge is 0.496 e. The molecular formula is C26H27NO4.